The van der Waals surface area contributed by atoms with Crippen LogP contribution in [0.15, 0.2) is 29.8 Å². The standard InChI is InChI=1S/C24H21Cl3N2O7/c1-28-21(35)23(26)9-14-11(4-5-13-17(14)20(34)29(19(13)33)7-6-16(31)32)18(24(23,27)22(28)36)12-3-2-10(30)8-15(12)25/h2-4,8,13-14,17-18,30H,5-7,9H2,1H3,(H,31,32)/t13-,14+,17-,18+,23+,24-/m0/s1. The third-order valence-electron chi connectivity index (χ3n) is 7.95. The van der Waals surface area contributed by atoms with Gasteiger partial charge in [0.25, 0.3) is 11.8 Å². The van der Waals surface area contributed by atoms with Crippen molar-refractivity contribution in [3.8, 4) is 5.75 Å². The summed E-state index contributed by atoms with van der Waals surface area (Å²) in [5.74, 6) is -7.09. The minimum absolute atomic E-state index is 0.0921. The zero-order valence-electron chi connectivity index (χ0n) is 18.9. The van der Waals surface area contributed by atoms with E-state index >= 15 is 0 Å². The van der Waals surface area contributed by atoms with Gasteiger partial charge in [-0.15, -0.1) is 23.2 Å². The molecule has 9 nitrogen and oxygen atoms in total. The lowest BCUT2D eigenvalue weighted by Gasteiger charge is -2.51. The smallest absolute Gasteiger partial charge is 0.305 e. The van der Waals surface area contributed by atoms with Gasteiger partial charge in [0.15, 0.2) is 9.75 Å². The number of phenolic OH excluding ortho intramolecular Hbond substituents is 1. The van der Waals surface area contributed by atoms with E-state index in [-0.39, 0.29) is 30.2 Å². The highest BCUT2D eigenvalue weighted by Gasteiger charge is 2.76. The maximum atomic E-state index is 13.4. The van der Waals surface area contributed by atoms with E-state index in [4.69, 9.17) is 39.9 Å². The van der Waals surface area contributed by atoms with Crippen molar-refractivity contribution in [3.63, 3.8) is 0 Å². The maximum Gasteiger partial charge on any atom is 0.305 e. The van der Waals surface area contributed by atoms with Crippen molar-refractivity contribution in [1.82, 2.24) is 9.80 Å². The second-order valence-corrected chi connectivity index (χ2v) is 11.3. The van der Waals surface area contributed by atoms with Gasteiger partial charge in [0, 0.05) is 24.5 Å². The topological polar surface area (TPSA) is 132 Å². The molecule has 1 saturated carbocycles. The first-order valence-corrected chi connectivity index (χ1v) is 12.4. The van der Waals surface area contributed by atoms with E-state index in [2.05, 4.69) is 0 Å². The summed E-state index contributed by atoms with van der Waals surface area (Å²) in [5.41, 5.74) is 0.910. The van der Waals surface area contributed by atoms with Gasteiger partial charge in [0.2, 0.25) is 11.8 Å². The number of alkyl halides is 2. The van der Waals surface area contributed by atoms with Crippen LogP contribution in [0.5, 0.6) is 5.75 Å². The fraction of sp³-hybridized carbons (Fsp3) is 0.458. The summed E-state index contributed by atoms with van der Waals surface area (Å²) in [6, 6.07) is 4.15. The summed E-state index contributed by atoms with van der Waals surface area (Å²) in [5, 5.41) is 19.0. The summed E-state index contributed by atoms with van der Waals surface area (Å²) >= 11 is 20.5. The summed E-state index contributed by atoms with van der Waals surface area (Å²) < 4.78 is 0. The normalized spacial score (nSPS) is 35.5. The van der Waals surface area contributed by atoms with Crippen molar-refractivity contribution in [1.29, 1.82) is 0 Å². The highest BCUT2D eigenvalue weighted by Crippen LogP contribution is 2.65. The number of carboxylic acid groups (broad SMARTS) is 1. The number of likely N-dealkylation sites (tertiary alicyclic amines) is 2. The summed E-state index contributed by atoms with van der Waals surface area (Å²) in [4.78, 5) is 62.3. The van der Waals surface area contributed by atoms with Crippen LogP contribution in [0.2, 0.25) is 5.02 Å². The van der Waals surface area contributed by atoms with Crippen molar-refractivity contribution >= 4 is 64.4 Å². The number of nitrogens with zero attached hydrogens (tertiary/aromatic N) is 2. The monoisotopic (exact) mass is 554 g/mol. The fourth-order valence-electron chi connectivity index (χ4n) is 6.33. The molecule has 0 bridgehead atoms. The van der Waals surface area contributed by atoms with Gasteiger partial charge in [-0.3, -0.25) is 33.8 Å². The molecule has 12 heteroatoms. The number of fused-ring (bicyclic) bond motifs is 4. The average Bonchev–Trinajstić information content (AvgIpc) is 3.13. The SMILES string of the molecule is CN1C(=O)[C@]2(Cl)C[C@@H]3C(=CC[C@@H]4C(=O)N(CCC(=O)O)C(=O)[C@@H]43)[C@H](c3ccc(O)cc3Cl)[C@]2(Cl)C1=O. The van der Waals surface area contributed by atoms with Gasteiger partial charge >= 0.3 is 5.97 Å². The quantitative estimate of drug-likeness (QED) is 0.331. The molecular formula is C24H21Cl3N2O7. The highest BCUT2D eigenvalue weighted by atomic mass is 35.5. The lowest BCUT2D eigenvalue weighted by molar-refractivity contribution is -0.143. The molecule has 190 valence electrons. The number of imide groups is 2. The first-order valence-electron chi connectivity index (χ1n) is 11.3. The molecule has 3 fully saturated rings. The van der Waals surface area contributed by atoms with E-state index in [0.717, 1.165) is 9.80 Å². The molecule has 2 aliphatic carbocycles. The molecule has 2 N–H and O–H groups in total. The van der Waals surface area contributed by atoms with Crippen molar-refractivity contribution in [2.45, 2.75) is 34.9 Å². The number of amides is 4. The van der Waals surface area contributed by atoms with E-state index in [1.807, 2.05) is 0 Å². The molecule has 1 aromatic carbocycles. The van der Waals surface area contributed by atoms with Crippen LogP contribution in [0.3, 0.4) is 0 Å². The Labute approximate surface area is 220 Å². The molecule has 2 heterocycles. The Morgan fingerprint density at radius 3 is 2.44 bits per heavy atom. The predicted molar refractivity (Wildman–Crippen MR) is 128 cm³/mol. The first kappa shape index (κ1) is 25.0. The van der Waals surface area contributed by atoms with Crippen LogP contribution < -0.4 is 0 Å². The van der Waals surface area contributed by atoms with Crippen LogP contribution in [-0.4, -0.2) is 73.0 Å². The van der Waals surface area contributed by atoms with Gasteiger partial charge in [-0.1, -0.05) is 29.3 Å². The van der Waals surface area contributed by atoms with Crippen LogP contribution in [0, 0.1) is 17.8 Å². The Kier molecular flexibility index (Phi) is 5.70. The Morgan fingerprint density at radius 1 is 1.11 bits per heavy atom. The van der Waals surface area contributed by atoms with Crippen molar-refractivity contribution in [3.05, 3.63) is 40.4 Å². The molecule has 1 aromatic rings. The van der Waals surface area contributed by atoms with Crippen LogP contribution in [0.1, 0.15) is 30.7 Å². The number of carbonyl (C=O) groups excluding carboxylic acids is 4. The van der Waals surface area contributed by atoms with Crippen molar-refractivity contribution in [2.75, 3.05) is 13.6 Å². The summed E-state index contributed by atoms with van der Waals surface area (Å²) in [7, 11) is 1.28. The van der Waals surface area contributed by atoms with Crippen molar-refractivity contribution < 1.29 is 34.2 Å². The summed E-state index contributed by atoms with van der Waals surface area (Å²) in [6.07, 6.45) is 1.35. The van der Waals surface area contributed by atoms with Crippen LogP contribution in [-0.2, 0) is 24.0 Å². The third kappa shape index (κ3) is 3.12. The molecule has 4 amide bonds. The Hall–Kier alpha value is -2.62. The van der Waals surface area contributed by atoms with Gasteiger partial charge in [-0.05, 0) is 36.5 Å². The number of carboxylic acids is 1. The minimum Gasteiger partial charge on any atom is -0.508 e. The van der Waals surface area contributed by atoms with E-state index < -0.39 is 69.4 Å². The number of allylic oxidation sites excluding steroid dienone is 2. The van der Waals surface area contributed by atoms with Gasteiger partial charge in [-0.2, -0.15) is 0 Å². The summed E-state index contributed by atoms with van der Waals surface area (Å²) in [6.45, 7) is -0.263. The second kappa shape index (κ2) is 8.19. The second-order valence-electron chi connectivity index (χ2n) is 9.68. The number of aliphatic carboxylic acids is 1. The fourth-order valence-corrected chi connectivity index (χ4v) is 7.63. The van der Waals surface area contributed by atoms with Gasteiger partial charge < -0.3 is 10.2 Å². The largest absolute Gasteiger partial charge is 0.508 e. The molecule has 5 rings (SSSR count). The molecule has 36 heavy (non-hydrogen) atoms. The molecule has 0 radical (unpaired) electrons. The molecule has 0 aromatic heterocycles. The van der Waals surface area contributed by atoms with Crippen molar-refractivity contribution in [2.24, 2.45) is 17.8 Å². The maximum absolute atomic E-state index is 13.4. The van der Waals surface area contributed by atoms with Gasteiger partial charge in [0.05, 0.1) is 18.3 Å². The van der Waals surface area contributed by atoms with Gasteiger partial charge in [0.1, 0.15) is 5.75 Å². The number of hydrogen-bond donors (Lipinski definition) is 2. The number of halogens is 3. The lowest BCUT2D eigenvalue weighted by atomic mass is 9.56. The number of benzene rings is 1. The molecular weight excluding hydrogens is 535 g/mol. The molecule has 2 aliphatic heterocycles. The molecule has 6 atom stereocenters. The van der Waals surface area contributed by atoms with E-state index in [9.17, 15) is 29.1 Å². The minimum atomic E-state index is -1.97. The Balaban J connectivity index is 1.67. The number of aromatic hydroxyl groups is 1. The van der Waals surface area contributed by atoms with Crippen LogP contribution >= 0.6 is 34.8 Å². The van der Waals surface area contributed by atoms with Gasteiger partial charge in [-0.25, -0.2) is 0 Å². The lowest BCUT2D eigenvalue weighted by Crippen LogP contribution is -2.60. The zero-order chi connectivity index (χ0) is 26.3. The molecule has 4 aliphatic rings. The molecule has 0 unspecified atom stereocenters. The average molecular weight is 556 g/mol. The van der Waals surface area contributed by atoms with E-state index in [1.54, 1.807) is 6.08 Å². The number of carbonyl (C=O) groups is 5. The highest BCUT2D eigenvalue weighted by molar-refractivity contribution is 6.53. The van der Waals surface area contributed by atoms with Crippen LogP contribution in [0.4, 0.5) is 0 Å². The Bertz CT molecular complexity index is 1280. The zero-order valence-corrected chi connectivity index (χ0v) is 21.2. The van der Waals surface area contributed by atoms with E-state index in [0.29, 0.717) is 11.1 Å². The number of phenols is 1. The molecule has 2 saturated heterocycles. The molecule has 0 spiro atoms. The van der Waals surface area contributed by atoms with E-state index in [1.165, 1.54) is 25.2 Å². The van der Waals surface area contributed by atoms with Crippen LogP contribution in [0.25, 0.3) is 0 Å². The first-order chi connectivity index (χ1) is 16.8. The third-order valence-corrected chi connectivity index (χ3v) is 9.69. The number of hydrogen-bond acceptors (Lipinski definition) is 6. The number of rotatable bonds is 4. The predicted octanol–water partition coefficient (Wildman–Crippen LogP) is 2.51. The Morgan fingerprint density at radius 2 is 1.81 bits per heavy atom.